The van der Waals surface area contributed by atoms with Crippen LogP contribution in [0, 0.1) is 0 Å². The molecule has 0 aliphatic carbocycles. The van der Waals surface area contributed by atoms with Gasteiger partial charge in [-0.05, 0) is 26.0 Å². The lowest BCUT2D eigenvalue weighted by atomic mass is 10.1. The van der Waals surface area contributed by atoms with Gasteiger partial charge in [0.05, 0.1) is 10.6 Å². The molecule has 1 N–H and O–H groups in total. The first-order chi connectivity index (χ1) is 7.26. The molecule has 0 fully saturated rings. The van der Waals surface area contributed by atoms with Gasteiger partial charge in [0.15, 0.2) is 9.84 Å². The fraction of sp³-hybridized carbons (Fsp3) is 0.455. The molecule has 90 valence electrons. The van der Waals surface area contributed by atoms with Gasteiger partial charge in [-0.3, -0.25) is 0 Å². The molecule has 0 aliphatic rings. The first kappa shape index (κ1) is 13.3. The molecule has 5 heteroatoms. The smallest absolute Gasteiger partial charge is 0.177 e. The average Bonchev–Trinajstić information content (AvgIpc) is 2.16. The Morgan fingerprint density at radius 1 is 1.31 bits per heavy atom. The van der Waals surface area contributed by atoms with Crippen molar-refractivity contribution >= 4 is 27.1 Å². The van der Waals surface area contributed by atoms with Gasteiger partial charge in [0.1, 0.15) is 0 Å². The lowest BCUT2D eigenvalue weighted by Crippen LogP contribution is -2.33. The SMILES string of the molecule is CC(C)(CCl)Nc1ccccc1S(C)(=O)=O. The van der Waals surface area contributed by atoms with Crippen LogP contribution in [0.25, 0.3) is 0 Å². The third kappa shape index (κ3) is 3.39. The summed E-state index contributed by atoms with van der Waals surface area (Å²) < 4.78 is 23.1. The van der Waals surface area contributed by atoms with E-state index in [1.807, 2.05) is 13.8 Å². The van der Waals surface area contributed by atoms with Crippen LogP contribution >= 0.6 is 11.6 Å². The van der Waals surface area contributed by atoms with E-state index >= 15 is 0 Å². The number of alkyl halides is 1. The molecule has 0 bridgehead atoms. The molecule has 1 aromatic carbocycles. The third-order valence-electron chi connectivity index (χ3n) is 2.09. The normalized spacial score (nSPS) is 12.5. The van der Waals surface area contributed by atoms with E-state index in [9.17, 15) is 8.42 Å². The molecule has 0 radical (unpaired) electrons. The molecule has 16 heavy (non-hydrogen) atoms. The molecule has 0 amide bonds. The van der Waals surface area contributed by atoms with Crippen molar-refractivity contribution in [2.45, 2.75) is 24.3 Å². The van der Waals surface area contributed by atoms with Crippen LogP contribution < -0.4 is 5.32 Å². The van der Waals surface area contributed by atoms with Crippen molar-refractivity contribution in [3.63, 3.8) is 0 Å². The van der Waals surface area contributed by atoms with Crippen LogP contribution in [0.5, 0.6) is 0 Å². The number of nitrogens with one attached hydrogen (secondary N) is 1. The van der Waals surface area contributed by atoms with E-state index in [0.29, 0.717) is 16.5 Å². The van der Waals surface area contributed by atoms with Crippen LogP contribution in [0.1, 0.15) is 13.8 Å². The molecular weight excluding hydrogens is 246 g/mol. The van der Waals surface area contributed by atoms with Gasteiger partial charge in [-0.25, -0.2) is 8.42 Å². The first-order valence-electron chi connectivity index (χ1n) is 4.89. The largest absolute Gasteiger partial charge is 0.378 e. The van der Waals surface area contributed by atoms with E-state index in [-0.39, 0.29) is 5.54 Å². The zero-order chi connectivity index (χ0) is 12.4. The Bertz CT molecular complexity index is 469. The van der Waals surface area contributed by atoms with Crippen LogP contribution in [-0.4, -0.2) is 26.1 Å². The van der Waals surface area contributed by atoms with Crippen molar-refractivity contribution in [2.75, 3.05) is 17.5 Å². The van der Waals surface area contributed by atoms with Crippen LogP contribution in [0.2, 0.25) is 0 Å². The summed E-state index contributed by atoms with van der Waals surface area (Å²) in [6.45, 7) is 3.83. The maximum absolute atomic E-state index is 11.6. The monoisotopic (exact) mass is 261 g/mol. The number of halogens is 1. The lowest BCUT2D eigenvalue weighted by molar-refractivity contribution is 0.600. The third-order valence-corrected chi connectivity index (χ3v) is 3.92. The second-order valence-electron chi connectivity index (χ2n) is 4.41. The highest BCUT2D eigenvalue weighted by molar-refractivity contribution is 7.90. The van der Waals surface area contributed by atoms with Gasteiger partial charge in [-0.2, -0.15) is 0 Å². The first-order valence-corrected chi connectivity index (χ1v) is 7.32. The minimum atomic E-state index is -3.22. The van der Waals surface area contributed by atoms with Gasteiger partial charge in [0.25, 0.3) is 0 Å². The number of hydrogen-bond donors (Lipinski definition) is 1. The standard InChI is InChI=1S/C11H16ClNO2S/c1-11(2,8-12)13-9-6-4-5-7-10(9)16(3,14)15/h4-7,13H,8H2,1-3H3. The minimum absolute atomic E-state index is 0.299. The molecule has 3 nitrogen and oxygen atoms in total. The van der Waals surface area contributed by atoms with Gasteiger partial charge < -0.3 is 5.32 Å². The Morgan fingerprint density at radius 3 is 2.38 bits per heavy atom. The topological polar surface area (TPSA) is 46.2 Å². The fourth-order valence-electron chi connectivity index (χ4n) is 1.29. The number of sulfone groups is 1. The molecule has 0 spiro atoms. The summed E-state index contributed by atoms with van der Waals surface area (Å²) in [6, 6.07) is 6.82. The van der Waals surface area contributed by atoms with Crippen LogP contribution in [0.4, 0.5) is 5.69 Å². The van der Waals surface area contributed by atoms with Crippen LogP contribution in [0.15, 0.2) is 29.2 Å². The Labute approximate surface area is 102 Å². The summed E-state index contributed by atoms with van der Waals surface area (Å²) in [5, 5.41) is 3.13. The molecule has 0 atom stereocenters. The number of benzene rings is 1. The van der Waals surface area contributed by atoms with Gasteiger partial charge in [-0.15, -0.1) is 11.6 Å². The van der Waals surface area contributed by atoms with Crippen molar-refractivity contribution in [2.24, 2.45) is 0 Å². The van der Waals surface area contributed by atoms with Crippen molar-refractivity contribution in [3.8, 4) is 0 Å². The maximum Gasteiger partial charge on any atom is 0.177 e. The number of rotatable bonds is 4. The predicted octanol–water partition coefficient (Wildman–Crippen LogP) is 2.52. The summed E-state index contributed by atoms with van der Waals surface area (Å²) in [5.41, 5.74) is 0.248. The molecule has 1 rings (SSSR count). The highest BCUT2D eigenvalue weighted by Crippen LogP contribution is 2.24. The van der Waals surface area contributed by atoms with Crippen LogP contribution in [-0.2, 0) is 9.84 Å². The highest BCUT2D eigenvalue weighted by Gasteiger charge is 2.20. The van der Waals surface area contributed by atoms with E-state index < -0.39 is 9.84 Å². The Hall–Kier alpha value is -0.740. The van der Waals surface area contributed by atoms with E-state index in [4.69, 9.17) is 11.6 Å². The average molecular weight is 262 g/mol. The van der Waals surface area contributed by atoms with E-state index in [1.165, 1.54) is 6.26 Å². The number of hydrogen-bond acceptors (Lipinski definition) is 3. The van der Waals surface area contributed by atoms with Gasteiger partial charge in [0, 0.05) is 17.7 Å². The summed E-state index contributed by atoms with van der Waals surface area (Å²) in [6.07, 6.45) is 1.20. The molecule has 1 aromatic rings. The summed E-state index contributed by atoms with van der Waals surface area (Å²) in [7, 11) is -3.22. The predicted molar refractivity (Wildman–Crippen MR) is 68.0 cm³/mol. The Kier molecular flexibility index (Phi) is 3.86. The second kappa shape index (κ2) is 4.63. The zero-order valence-electron chi connectivity index (χ0n) is 9.62. The van der Waals surface area contributed by atoms with Gasteiger partial charge in [-0.1, -0.05) is 12.1 Å². The minimum Gasteiger partial charge on any atom is -0.378 e. The summed E-state index contributed by atoms with van der Waals surface area (Å²) >= 11 is 5.80. The number of anilines is 1. The van der Waals surface area contributed by atoms with E-state index in [2.05, 4.69) is 5.32 Å². The van der Waals surface area contributed by atoms with E-state index in [0.717, 1.165) is 0 Å². The zero-order valence-corrected chi connectivity index (χ0v) is 11.2. The van der Waals surface area contributed by atoms with Crippen molar-refractivity contribution < 1.29 is 8.42 Å². The van der Waals surface area contributed by atoms with Crippen molar-refractivity contribution in [3.05, 3.63) is 24.3 Å². The second-order valence-corrected chi connectivity index (χ2v) is 6.66. The van der Waals surface area contributed by atoms with Crippen molar-refractivity contribution in [1.29, 1.82) is 0 Å². The van der Waals surface area contributed by atoms with Gasteiger partial charge >= 0.3 is 0 Å². The fourth-order valence-corrected chi connectivity index (χ4v) is 2.20. The van der Waals surface area contributed by atoms with Gasteiger partial charge in [0.2, 0.25) is 0 Å². The summed E-state index contributed by atoms with van der Waals surface area (Å²) in [4.78, 5) is 0.299. The summed E-state index contributed by atoms with van der Waals surface area (Å²) in [5.74, 6) is 0.394. The Balaban J connectivity index is 3.16. The van der Waals surface area contributed by atoms with Crippen molar-refractivity contribution in [1.82, 2.24) is 0 Å². The molecule has 0 saturated carbocycles. The molecular formula is C11H16ClNO2S. The molecule has 0 aromatic heterocycles. The van der Waals surface area contributed by atoms with Crippen LogP contribution in [0.3, 0.4) is 0 Å². The quantitative estimate of drug-likeness (QED) is 0.848. The molecule has 0 heterocycles. The lowest BCUT2D eigenvalue weighted by Gasteiger charge is -2.25. The number of para-hydroxylation sites is 1. The highest BCUT2D eigenvalue weighted by atomic mass is 35.5. The Morgan fingerprint density at radius 2 is 1.88 bits per heavy atom. The molecule has 0 unspecified atom stereocenters. The molecule has 0 aliphatic heterocycles. The molecule has 0 saturated heterocycles. The van der Waals surface area contributed by atoms with E-state index in [1.54, 1.807) is 24.3 Å². The maximum atomic E-state index is 11.6.